The molecule has 0 aliphatic rings. The molecule has 3 rings (SSSR count). The van der Waals surface area contributed by atoms with Crippen molar-refractivity contribution < 1.29 is 4.39 Å². The zero-order valence-corrected chi connectivity index (χ0v) is 13.5. The summed E-state index contributed by atoms with van der Waals surface area (Å²) < 4.78 is 13.0. The van der Waals surface area contributed by atoms with E-state index in [4.69, 9.17) is 11.6 Å². The lowest BCUT2D eigenvalue weighted by atomic mass is 10.2. The minimum absolute atomic E-state index is 0.231. The molecule has 3 aromatic rings. The standard InChI is InChI=1S/C17H17ClFN3/c1-10-11(2)20-16-14(10)8-15(18)21-17(16)22(3)9-12-4-6-13(19)7-5-12/h4-8,20H,9H2,1-3H3. The van der Waals surface area contributed by atoms with Crippen LogP contribution in [0.15, 0.2) is 30.3 Å². The highest BCUT2D eigenvalue weighted by Crippen LogP contribution is 2.31. The maximum Gasteiger partial charge on any atom is 0.154 e. The Morgan fingerprint density at radius 3 is 2.59 bits per heavy atom. The average molecular weight is 318 g/mol. The molecule has 0 amide bonds. The molecule has 0 atom stereocenters. The van der Waals surface area contributed by atoms with Crippen molar-refractivity contribution in [2.45, 2.75) is 20.4 Å². The Morgan fingerprint density at radius 1 is 1.23 bits per heavy atom. The van der Waals surface area contributed by atoms with Gasteiger partial charge >= 0.3 is 0 Å². The number of nitrogens with one attached hydrogen (secondary N) is 1. The summed E-state index contributed by atoms with van der Waals surface area (Å²) in [5.41, 5.74) is 4.27. The number of aromatic nitrogens is 2. The fraction of sp³-hybridized carbons (Fsp3) is 0.235. The zero-order valence-electron chi connectivity index (χ0n) is 12.7. The van der Waals surface area contributed by atoms with Crippen molar-refractivity contribution in [3.05, 3.63) is 58.1 Å². The summed E-state index contributed by atoms with van der Waals surface area (Å²) in [6, 6.07) is 8.36. The third-order valence-corrected chi connectivity index (χ3v) is 4.14. The van der Waals surface area contributed by atoms with Crippen molar-refractivity contribution in [1.29, 1.82) is 0 Å². The van der Waals surface area contributed by atoms with Crippen molar-refractivity contribution in [2.24, 2.45) is 0 Å². The van der Waals surface area contributed by atoms with Gasteiger partial charge < -0.3 is 9.88 Å². The first-order chi connectivity index (χ1) is 10.5. The number of aryl methyl sites for hydroxylation is 2. The van der Waals surface area contributed by atoms with Crippen LogP contribution in [-0.2, 0) is 6.54 Å². The summed E-state index contributed by atoms with van der Waals surface area (Å²) in [6.07, 6.45) is 0. The fourth-order valence-corrected chi connectivity index (χ4v) is 2.81. The predicted octanol–water partition coefficient (Wildman–Crippen LogP) is 4.61. The number of nitrogens with zero attached hydrogens (tertiary/aromatic N) is 2. The van der Waals surface area contributed by atoms with Crippen LogP contribution in [0.3, 0.4) is 0 Å². The minimum Gasteiger partial charge on any atom is -0.355 e. The van der Waals surface area contributed by atoms with E-state index in [2.05, 4.69) is 16.9 Å². The maximum atomic E-state index is 13.0. The van der Waals surface area contributed by atoms with Crippen molar-refractivity contribution in [1.82, 2.24) is 9.97 Å². The number of rotatable bonds is 3. The summed E-state index contributed by atoms with van der Waals surface area (Å²) in [5, 5.41) is 1.55. The summed E-state index contributed by atoms with van der Waals surface area (Å²) in [7, 11) is 1.95. The summed E-state index contributed by atoms with van der Waals surface area (Å²) >= 11 is 6.17. The largest absolute Gasteiger partial charge is 0.355 e. The molecule has 0 unspecified atom stereocenters. The first kappa shape index (κ1) is 14.9. The van der Waals surface area contributed by atoms with Crippen LogP contribution >= 0.6 is 11.6 Å². The molecule has 0 fully saturated rings. The van der Waals surface area contributed by atoms with E-state index < -0.39 is 0 Å². The monoisotopic (exact) mass is 317 g/mol. The molecular formula is C17H17ClFN3. The number of anilines is 1. The SMILES string of the molecule is Cc1[nH]c2c(N(C)Cc3ccc(F)cc3)nc(Cl)cc2c1C. The minimum atomic E-state index is -0.231. The normalized spacial score (nSPS) is 11.1. The lowest BCUT2D eigenvalue weighted by molar-refractivity contribution is 0.627. The van der Waals surface area contributed by atoms with Gasteiger partial charge in [0.05, 0.1) is 5.52 Å². The molecule has 0 saturated heterocycles. The maximum absolute atomic E-state index is 13.0. The van der Waals surface area contributed by atoms with Crippen LogP contribution in [0, 0.1) is 19.7 Å². The highest BCUT2D eigenvalue weighted by atomic mass is 35.5. The molecule has 0 aliphatic heterocycles. The molecule has 0 radical (unpaired) electrons. The number of halogens is 2. The first-order valence-corrected chi connectivity index (χ1v) is 7.44. The van der Waals surface area contributed by atoms with Gasteiger partial charge in [0, 0.05) is 24.7 Å². The van der Waals surface area contributed by atoms with Gasteiger partial charge in [-0.15, -0.1) is 0 Å². The van der Waals surface area contributed by atoms with Crippen LogP contribution in [0.4, 0.5) is 10.2 Å². The molecule has 2 heterocycles. The molecule has 5 heteroatoms. The smallest absolute Gasteiger partial charge is 0.154 e. The molecular weight excluding hydrogens is 301 g/mol. The van der Waals surface area contributed by atoms with Crippen molar-refractivity contribution >= 4 is 28.3 Å². The van der Waals surface area contributed by atoms with E-state index in [9.17, 15) is 4.39 Å². The van der Waals surface area contributed by atoms with E-state index in [1.807, 2.05) is 24.9 Å². The van der Waals surface area contributed by atoms with Crippen LogP contribution in [0.25, 0.3) is 10.9 Å². The van der Waals surface area contributed by atoms with Gasteiger partial charge in [0.2, 0.25) is 0 Å². The quantitative estimate of drug-likeness (QED) is 0.715. The topological polar surface area (TPSA) is 31.9 Å². The van der Waals surface area contributed by atoms with Crippen LogP contribution in [0.2, 0.25) is 5.15 Å². The number of pyridine rings is 1. The van der Waals surface area contributed by atoms with Crippen LogP contribution in [0.1, 0.15) is 16.8 Å². The number of hydrogen-bond acceptors (Lipinski definition) is 2. The fourth-order valence-electron chi connectivity index (χ4n) is 2.62. The summed E-state index contributed by atoms with van der Waals surface area (Å²) in [6.45, 7) is 4.72. The molecule has 22 heavy (non-hydrogen) atoms. The Labute approximate surface area is 133 Å². The number of hydrogen-bond donors (Lipinski definition) is 1. The average Bonchev–Trinajstić information content (AvgIpc) is 2.76. The van der Waals surface area contributed by atoms with E-state index in [0.29, 0.717) is 11.7 Å². The third kappa shape index (κ3) is 2.66. The van der Waals surface area contributed by atoms with Crippen LogP contribution < -0.4 is 4.90 Å². The Kier molecular flexibility index (Phi) is 3.79. The molecule has 0 aliphatic carbocycles. The molecule has 0 saturated carbocycles. The predicted molar refractivity (Wildman–Crippen MR) is 89.1 cm³/mol. The third-order valence-electron chi connectivity index (χ3n) is 3.94. The second-order valence-electron chi connectivity index (χ2n) is 5.55. The summed E-state index contributed by atoms with van der Waals surface area (Å²) in [4.78, 5) is 9.84. The number of fused-ring (bicyclic) bond motifs is 1. The van der Waals surface area contributed by atoms with Gasteiger partial charge in [0.25, 0.3) is 0 Å². The van der Waals surface area contributed by atoms with Gasteiger partial charge in [-0.1, -0.05) is 23.7 Å². The highest BCUT2D eigenvalue weighted by molar-refractivity contribution is 6.30. The number of H-pyrrole nitrogens is 1. The second kappa shape index (κ2) is 5.61. The van der Waals surface area contributed by atoms with E-state index in [-0.39, 0.29) is 5.82 Å². The Bertz CT molecular complexity index is 824. The lowest BCUT2D eigenvalue weighted by Gasteiger charge is -2.19. The van der Waals surface area contributed by atoms with E-state index in [1.54, 1.807) is 12.1 Å². The highest BCUT2D eigenvalue weighted by Gasteiger charge is 2.15. The van der Waals surface area contributed by atoms with Crippen LogP contribution in [0.5, 0.6) is 0 Å². The molecule has 114 valence electrons. The number of benzene rings is 1. The summed E-state index contributed by atoms with van der Waals surface area (Å²) in [5.74, 6) is 0.563. The molecule has 0 bridgehead atoms. The lowest BCUT2D eigenvalue weighted by Crippen LogP contribution is -2.18. The van der Waals surface area contributed by atoms with E-state index >= 15 is 0 Å². The van der Waals surface area contributed by atoms with Crippen molar-refractivity contribution in [2.75, 3.05) is 11.9 Å². The Hall–Kier alpha value is -2.07. The van der Waals surface area contributed by atoms with Gasteiger partial charge in [0.1, 0.15) is 11.0 Å². The van der Waals surface area contributed by atoms with Gasteiger partial charge in [-0.05, 0) is 43.2 Å². The molecule has 0 spiro atoms. The van der Waals surface area contributed by atoms with Gasteiger partial charge in [-0.3, -0.25) is 0 Å². The van der Waals surface area contributed by atoms with Crippen molar-refractivity contribution in [3.63, 3.8) is 0 Å². The number of aromatic amines is 1. The van der Waals surface area contributed by atoms with Gasteiger partial charge in [-0.25, -0.2) is 9.37 Å². The van der Waals surface area contributed by atoms with Crippen LogP contribution in [-0.4, -0.2) is 17.0 Å². The van der Waals surface area contributed by atoms with E-state index in [1.165, 1.54) is 17.7 Å². The van der Waals surface area contributed by atoms with E-state index in [0.717, 1.165) is 28.0 Å². The second-order valence-corrected chi connectivity index (χ2v) is 5.94. The molecule has 1 aromatic carbocycles. The Balaban J connectivity index is 2.01. The zero-order chi connectivity index (χ0) is 15.9. The molecule has 1 N–H and O–H groups in total. The first-order valence-electron chi connectivity index (χ1n) is 7.06. The molecule has 3 nitrogen and oxygen atoms in total. The molecule has 2 aromatic heterocycles. The van der Waals surface area contributed by atoms with Crippen molar-refractivity contribution in [3.8, 4) is 0 Å². The van der Waals surface area contributed by atoms with Gasteiger partial charge in [-0.2, -0.15) is 0 Å². The van der Waals surface area contributed by atoms with Gasteiger partial charge in [0.15, 0.2) is 5.82 Å². The Morgan fingerprint density at radius 2 is 1.91 bits per heavy atom.